The van der Waals surface area contributed by atoms with Crippen molar-refractivity contribution in [3.8, 4) is 11.5 Å². The summed E-state index contributed by atoms with van der Waals surface area (Å²) in [4.78, 5) is 28.1. The number of rotatable bonds is 10. The molecule has 1 aromatic heterocycles. The summed E-state index contributed by atoms with van der Waals surface area (Å²) in [5, 5.41) is 3.52. The van der Waals surface area contributed by atoms with Crippen LogP contribution in [0.5, 0.6) is 11.5 Å². The fraction of sp³-hybridized carbons (Fsp3) is 0.571. The van der Waals surface area contributed by atoms with Crippen LogP contribution in [0.25, 0.3) is 10.9 Å². The zero-order valence-electron chi connectivity index (χ0n) is 17.1. The molecule has 7 nitrogen and oxygen atoms in total. The largest absolute Gasteiger partial charge is 0.454 e. The number of H-pyrrole nitrogens is 1. The molecule has 1 atom stereocenters. The van der Waals surface area contributed by atoms with E-state index in [1.54, 1.807) is 12.1 Å². The Morgan fingerprint density at radius 3 is 2.76 bits per heavy atom. The second kappa shape index (κ2) is 9.91. The predicted molar refractivity (Wildman–Crippen MR) is 115 cm³/mol. The number of unbranched alkanes of at least 4 members (excludes halogenated alkanes) is 1. The Bertz CT molecular complexity index is 982. The molecule has 1 aromatic carbocycles. The second-order valence-electron chi connectivity index (χ2n) is 7.46. The van der Waals surface area contributed by atoms with Crippen molar-refractivity contribution in [2.24, 2.45) is 5.92 Å². The summed E-state index contributed by atoms with van der Waals surface area (Å²) >= 11 is 5.35. The van der Waals surface area contributed by atoms with Crippen LogP contribution in [0.4, 0.5) is 0 Å². The van der Waals surface area contributed by atoms with E-state index in [-0.39, 0.29) is 18.3 Å². The fourth-order valence-electron chi connectivity index (χ4n) is 3.53. The fourth-order valence-corrected chi connectivity index (χ4v) is 3.82. The minimum atomic E-state index is -0.187. The van der Waals surface area contributed by atoms with Gasteiger partial charge in [-0.1, -0.05) is 33.1 Å². The van der Waals surface area contributed by atoms with Gasteiger partial charge in [0.25, 0.3) is 5.56 Å². The molecular weight excluding hydrogens is 390 g/mol. The molecule has 0 bridgehead atoms. The number of carbonyl (C=O) groups excluding carboxylic acids is 1. The van der Waals surface area contributed by atoms with Gasteiger partial charge in [0.15, 0.2) is 16.3 Å². The molecule has 0 fully saturated rings. The molecule has 0 saturated carbocycles. The lowest BCUT2D eigenvalue weighted by atomic mass is 9.99. The number of hydrogen-bond donors (Lipinski definition) is 2. The number of benzene rings is 1. The molecule has 2 aromatic rings. The third-order valence-corrected chi connectivity index (χ3v) is 5.71. The van der Waals surface area contributed by atoms with Crippen molar-refractivity contribution in [1.82, 2.24) is 14.9 Å². The molecule has 1 aliphatic heterocycles. The van der Waals surface area contributed by atoms with Gasteiger partial charge in [-0.05, 0) is 37.0 Å². The minimum absolute atomic E-state index is 0.0204. The van der Waals surface area contributed by atoms with Gasteiger partial charge < -0.3 is 19.8 Å². The van der Waals surface area contributed by atoms with Gasteiger partial charge in [-0.15, -0.1) is 0 Å². The van der Waals surface area contributed by atoms with E-state index >= 15 is 0 Å². The van der Waals surface area contributed by atoms with Gasteiger partial charge >= 0.3 is 0 Å². The van der Waals surface area contributed by atoms with E-state index in [9.17, 15) is 9.59 Å². The number of fused-ring (bicyclic) bond motifs is 2. The van der Waals surface area contributed by atoms with Gasteiger partial charge in [0.1, 0.15) is 0 Å². The summed E-state index contributed by atoms with van der Waals surface area (Å²) in [7, 11) is 0. The van der Waals surface area contributed by atoms with Gasteiger partial charge in [-0.2, -0.15) is 0 Å². The molecule has 1 amide bonds. The Kier molecular flexibility index (Phi) is 7.30. The quantitative estimate of drug-likeness (QED) is 0.571. The van der Waals surface area contributed by atoms with Crippen LogP contribution >= 0.6 is 12.2 Å². The van der Waals surface area contributed by atoms with Crippen molar-refractivity contribution in [2.75, 3.05) is 13.3 Å². The molecule has 1 unspecified atom stereocenters. The van der Waals surface area contributed by atoms with E-state index in [0.29, 0.717) is 52.5 Å². The van der Waals surface area contributed by atoms with E-state index in [1.807, 2.05) is 0 Å². The highest BCUT2D eigenvalue weighted by molar-refractivity contribution is 7.71. The zero-order valence-corrected chi connectivity index (χ0v) is 17.9. The van der Waals surface area contributed by atoms with E-state index in [2.05, 4.69) is 24.1 Å². The highest BCUT2D eigenvalue weighted by Gasteiger charge is 2.17. The summed E-state index contributed by atoms with van der Waals surface area (Å²) in [6.07, 6.45) is 5.49. The van der Waals surface area contributed by atoms with Crippen molar-refractivity contribution in [1.29, 1.82) is 0 Å². The second-order valence-corrected chi connectivity index (χ2v) is 7.85. The van der Waals surface area contributed by atoms with Crippen molar-refractivity contribution in [3.05, 3.63) is 27.3 Å². The first-order valence-corrected chi connectivity index (χ1v) is 10.8. The van der Waals surface area contributed by atoms with Crippen LogP contribution in [0, 0.1) is 10.7 Å². The molecule has 2 N–H and O–H groups in total. The molecule has 0 aliphatic carbocycles. The smallest absolute Gasteiger partial charge is 0.262 e. The monoisotopic (exact) mass is 419 g/mol. The molecule has 2 heterocycles. The van der Waals surface area contributed by atoms with Gasteiger partial charge in [0.2, 0.25) is 12.7 Å². The Hall–Kier alpha value is -2.35. The highest BCUT2D eigenvalue weighted by atomic mass is 32.1. The van der Waals surface area contributed by atoms with Crippen LogP contribution in [0.2, 0.25) is 0 Å². The van der Waals surface area contributed by atoms with E-state index in [4.69, 9.17) is 21.7 Å². The van der Waals surface area contributed by atoms with Gasteiger partial charge in [0.05, 0.1) is 10.9 Å². The average Bonchev–Trinajstić information content (AvgIpc) is 3.16. The summed E-state index contributed by atoms with van der Waals surface area (Å²) in [6.45, 7) is 5.59. The molecule has 3 rings (SSSR count). The number of hydrogen-bond acceptors (Lipinski definition) is 5. The van der Waals surface area contributed by atoms with Gasteiger partial charge in [-0.25, -0.2) is 0 Å². The van der Waals surface area contributed by atoms with Crippen LogP contribution in [0.3, 0.4) is 0 Å². The summed E-state index contributed by atoms with van der Waals surface area (Å²) in [6, 6.07) is 3.41. The minimum Gasteiger partial charge on any atom is -0.454 e. The number of carbonyl (C=O) groups is 1. The maximum atomic E-state index is 12.9. The third-order valence-electron chi connectivity index (χ3n) is 5.39. The first kappa shape index (κ1) is 21.4. The lowest BCUT2D eigenvalue weighted by Gasteiger charge is -2.15. The van der Waals surface area contributed by atoms with Crippen molar-refractivity contribution in [3.63, 3.8) is 0 Å². The zero-order chi connectivity index (χ0) is 20.8. The number of nitrogens with zero attached hydrogens (tertiary/aromatic N) is 1. The molecule has 29 heavy (non-hydrogen) atoms. The predicted octanol–water partition coefficient (Wildman–Crippen LogP) is 3.90. The maximum Gasteiger partial charge on any atom is 0.262 e. The van der Waals surface area contributed by atoms with Crippen LogP contribution in [-0.4, -0.2) is 28.8 Å². The topological polar surface area (TPSA) is 85.4 Å². The van der Waals surface area contributed by atoms with E-state index in [0.717, 1.165) is 19.4 Å². The van der Waals surface area contributed by atoms with Crippen LogP contribution in [0.15, 0.2) is 16.9 Å². The SMILES string of the molecule is CCCCC(CC)CNC(=O)CCCn1c(=S)[nH]c2cc3c(cc2c1=O)OCO3. The van der Waals surface area contributed by atoms with Crippen molar-refractivity contribution in [2.45, 2.75) is 58.9 Å². The lowest BCUT2D eigenvalue weighted by Crippen LogP contribution is -2.29. The van der Waals surface area contributed by atoms with Crippen LogP contribution < -0.4 is 20.3 Å². The number of aromatic amines is 1. The maximum absolute atomic E-state index is 12.9. The lowest BCUT2D eigenvalue weighted by molar-refractivity contribution is -0.121. The number of aromatic nitrogens is 2. The summed E-state index contributed by atoms with van der Waals surface area (Å²) < 4.78 is 12.6. The van der Waals surface area contributed by atoms with E-state index < -0.39 is 0 Å². The Labute approximate surface area is 175 Å². The Balaban J connectivity index is 1.59. The number of amides is 1. The third kappa shape index (κ3) is 5.18. The highest BCUT2D eigenvalue weighted by Crippen LogP contribution is 2.34. The van der Waals surface area contributed by atoms with Crippen LogP contribution in [0.1, 0.15) is 52.4 Å². The standard InChI is InChI=1S/C21H29N3O4S/c1-3-5-7-14(4-2)12-22-19(25)8-6-9-24-20(26)15-10-17-18(28-13-27-17)11-16(15)23-21(24)29/h10-11,14H,3-9,12-13H2,1-2H3,(H,22,25)(H,23,29). The Morgan fingerprint density at radius 1 is 1.28 bits per heavy atom. The van der Waals surface area contributed by atoms with Crippen molar-refractivity contribution < 1.29 is 14.3 Å². The first-order chi connectivity index (χ1) is 14.0. The molecule has 158 valence electrons. The summed E-state index contributed by atoms with van der Waals surface area (Å²) in [5.41, 5.74) is 0.434. The van der Waals surface area contributed by atoms with Gasteiger partial charge in [0, 0.05) is 25.6 Å². The van der Waals surface area contributed by atoms with Crippen molar-refractivity contribution >= 4 is 29.0 Å². The molecule has 1 aliphatic rings. The number of ether oxygens (including phenoxy) is 2. The first-order valence-electron chi connectivity index (χ1n) is 10.4. The van der Waals surface area contributed by atoms with Crippen LogP contribution in [-0.2, 0) is 11.3 Å². The summed E-state index contributed by atoms with van der Waals surface area (Å²) in [5.74, 6) is 1.71. The van der Waals surface area contributed by atoms with Gasteiger partial charge in [-0.3, -0.25) is 14.2 Å². The molecule has 8 heteroatoms. The normalized spacial score (nSPS) is 13.6. The Morgan fingerprint density at radius 2 is 2.03 bits per heavy atom. The van der Waals surface area contributed by atoms with E-state index in [1.165, 1.54) is 17.4 Å². The number of nitrogens with one attached hydrogen (secondary N) is 2. The molecule has 0 saturated heterocycles. The molecular formula is C21H29N3O4S. The molecule has 0 radical (unpaired) electrons. The average molecular weight is 420 g/mol. The molecule has 0 spiro atoms.